The van der Waals surface area contributed by atoms with Crippen molar-refractivity contribution in [1.29, 1.82) is 0 Å². The maximum absolute atomic E-state index is 11.3. The maximum atomic E-state index is 11.3. The van der Waals surface area contributed by atoms with Crippen LogP contribution in [-0.2, 0) is 9.59 Å². The van der Waals surface area contributed by atoms with Gasteiger partial charge in [0.2, 0.25) is 11.8 Å². The van der Waals surface area contributed by atoms with E-state index in [4.69, 9.17) is 5.73 Å². The minimum atomic E-state index is -0.283. The summed E-state index contributed by atoms with van der Waals surface area (Å²) >= 11 is 3.45. The zero-order valence-corrected chi connectivity index (χ0v) is 11.5. The molecule has 1 aromatic carbocycles. The van der Waals surface area contributed by atoms with E-state index in [1.165, 1.54) is 0 Å². The van der Waals surface area contributed by atoms with Gasteiger partial charge < -0.3 is 10.6 Å². The van der Waals surface area contributed by atoms with Crippen molar-refractivity contribution in [3.8, 4) is 0 Å². The van der Waals surface area contributed by atoms with Crippen LogP contribution in [0.3, 0.4) is 0 Å². The third kappa shape index (κ3) is 2.70. The van der Waals surface area contributed by atoms with Crippen molar-refractivity contribution in [3.63, 3.8) is 0 Å². The van der Waals surface area contributed by atoms with Gasteiger partial charge in [-0.2, -0.15) is 0 Å². The molecule has 3 N–H and O–H groups in total. The summed E-state index contributed by atoms with van der Waals surface area (Å²) in [5.74, 6) is -0.566. The second-order valence-corrected chi connectivity index (χ2v) is 5.18. The van der Waals surface area contributed by atoms with Crippen LogP contribution in [0.4, 0.5) is 5.69 Å². The number of benzene rings is 1. The zero-order chi connectivity index (χ0) is 13.3. The summed E-state index contributed by atoms with van der Waals surface area (Å²) in [6.07, 6.45) is 0. The number of nitrogens with one attached hydrogen (secondary N) is 1. The van der Waals surface area contributed by atoms with Crippen molar-refractivity contribution in [2.24, 2.45) is 5.73 Å². The van der Waals surface area contributed by atoms with Crippen LogP contribution < -0.4 is 16.0 Å². The second kappa shape index (κ2) is 5.07. The number of halogens is 1. The summed E-state index contributed by atoms with van der Waals surface area (Å²) in [6, 6.07) is 5.63. The largest absolute Gasteiger partial charge is 0.352 e. The normalized spacial score (nSPS) is 17.6. The molecule has 18 heavy (non-hydrogen) atoms. The average Bonchev–Trinajstić information content (AvgIpc) is 2.27. The van der Waals surface area contributed by atoms with Gasteiger partial charge in [-0.25, -0.2) is 0 Å². The highest BCUT2D eigenvalue weighted by Gasteiger charge is 2.24. The van der Waals surface area contributed by atoms with Gasteiger partial charge >= 0.3 is 0 Å². The molecule has 5 nitrogen and oxygen atoms in total. The van der Waals surface area contributed by atoms with Gasteiger partial charge in [-0.1, -0.05) is 6.07 Å². The summed E-state index contributed by atoms with van der Waals surface area (Å²) in [7, 11) is 0. The number of nitrogens with zero attached hydrogens (tertiary/aromatic N) is 1. The second-order valence-electron chi connectivity index (χ2n) is 4.33. The Morgan fingerprint density at radius 1 is 1.33 bits per heavy atom. The van der Waals surface area contributed by atoms with E-state index in [9.17, 15) is 9.59 Å². The molecule has 1 aromatic rings. The van der Waals surface area contributed by atoms with Gasteiger partial charge in [-0.3, -0.25) is 14.9 Å². The first-order valence-corrected chi connectivity index (χ1v) is 6.39. The predicted octanol–water partition coefficient (Wildman–Crippen LogP) is 0.932. The molecule has 1 atom stereocenters. The molecule has 6 heteroatoms. The van der Waals surface area contributed by atoms with Gasteiger partial charge in [-0.05, 0) is 40.5 Å². The molecular formula is C12H14BrN3O2. The van der Waals surface area contributed by atoms with Crippen molar-refractivity contribution in [2.75, 3.05) is 18.0 Å². The Balaban J connectivity index is 2.28. The Morgan fingerprint density at radius 2 is 1.94 bits per heavy atom. The predicted molar refractivity (Wildman–Crippen MR) is 72.1 cm³/mol. The van der Waals surface area contributed by atoms with Crippen molar-refractivity contribution >= 4 is 33.4 Å². The molecule has 0 radical (unpaired) electrons. The lowest BCUT2D eigenvalue weighted by Gasteiger charge is -2.28. The number of imide groups is 1. The van der Waals surface area contributed by atoms with E-state index in [1.807, 2.05) is 25.1 Å². The molecule has 96 valence electrons. The van der Waals surface area contributed by atoms with Crippen molar-refractivity contribution < 1.29 is 9.59 Å². The Morgan fingerprint density at radius 3 is 2.44 bits per heavy atom. The average molecular weight is 312 g/mol. The number of amides is 2. The molecule has 1 aliphatic heterocycles. The fraction of sp³-hybridized carbons (Fsp3) is 0.333. The van der Waals surface area contributed by atoms with E-state index in [0.29, 0.717) is 0 Å². The fourth-order valence-electron chi connectivity index (χ4n) is 1.87. The Labute approximate surface area is 113 Å². The first kappa shape index (κ1) is 13.0. The molecular weight excluding hydrogens is 298 g/mol. The number of carbonyl (C=O) groups excluding carboxylic acids is 2. The fourth-order valence-corrected chi connectivity index (χ4v) is 2.52. The van der Waals surface area contributed by atoms with Gasteiger partial charge in [-0.15, -0.1) is 0 Å². The SMILES string of the molecule is CC(N)c1ccc(N2CC(=O)NC(=O)C2)c(Br)c1. The minimum absolute atomic E-state index is 0.0540. The first-order chi connectivity index (χ1) is 8.47. The van der Waals surface area contributed by atoms with Crippen molar-refractivity contribution in [1.82, 2.24) is 5.32 Å². The molecule has 1 aliphatic rings. The monoisotopic (exact) mass is 311 g/mol. The lowest BCUT2D eigenvalue weighted by Crippen LogP contribution is -2.51. The minimum Gasteiger partial charge on any atom is -0.352 e. The van der Waals surface area contributed by atoms with Crippen LogP contribution in [0.2, 0.25) is 0 Å². The molecule has 2 amide bonds. The van der Waals surface area contributed by atoms with E-state index in [0.717, 1.165) is 15.7 Å². The van der Waals surface area contributed by atoms with Crippen LogP contribution >= 0.6 is 15.9 Å². The van der Waals surface area contributed by atoms with Gasteiger partial charge in [0.1, 0.15) is 0 Å². The van der Waals surface area contributed by atoms with E-state index >= 15 is 0 Å². The summed E-state index contributed by atoms with van der Waals surface area (Å²) in [4.78, 5) is 24.4. The zero-order valence-electron chi connectivity index (χ0n) is 9.94. The number of carbonyl (C=O) groups is 2. The number of anilines is 1. The Bertz CT molecular complexity index is 486. The molecule has 0 saturated carbocycles. The summed E-state index contributed by atoms with van der Waals surface area (Å²) in [5, 5.41) is 2.27. The topological polar surface area (TPSA) is 75.4 Å². The number of rotatable bonds is 2. The highest BCUT2D eigenvalue weighted by atomic mass is 79.9. The van der Waals surface area contributed by atoms with Gasteiger partial charge in [0, 0.05) is 10.5 Å². The Kier molecular flexibility index (Phi) is 3.68. The number of hydrogen-bond donors (Lipinski definition) is 2. The van der Waals surface area contributed by atoms with Crippen LogP contribution in [0, 0.1) is 0 Å². The third-order valence-electron chi connectivity index (χ3n) is 2.79. The molecule has 0 aliphatic carbocycles. The smallest absolute Gasteiger partial charge is 0.246 e. The highest BCUT2D eigenvalue weighted by Crippen LogP contribution is 2.29. The summed E-state index contributed by atoms with van der Waals surface area (Å²) < 4.78 is 0.833. The standard InChI is InChI=1S/C12H14BrN3O2/c1-7(14)8-2-3-10(9(13)4-8)16-5-11(17)15-12(18)6-16/h2-4,7H,5-6,14H2,1H3,(H,15,17,18). The highest BCUT2D eigenvalue weighted by molar-refractivity contribution is 9.10. The molecule has 0 bridgehead atoms. The van der Waals surface area contributed by atoms with Gasteiger partial charge in [0.15, 0.2) is 0 Å². The lowest BCUT2D eigenvalue weighted by molar-refractivity contribution is -0.130. The third-order valence-corrected chi connectivity index (χ3v) is 3.42. The van der Waals surface area contributed by atoms with Crippen molar-refractivity contribution in [3.05, 3.63) is 28.2 Å². The molecule has 2 rings (SSSR count). The summed E-state index contributed by atoms with van der Waals surface area (Å²) in [5.41, 5.74) is 7.62. The Hall–Kier alpha value is -1.40. The molecule has 1 saturated heterocycles. The number of nitrogens with two attached hydrogens (primary N) is 1. The van der Waals surface area contributed by atoms with Crippen molar-refractivity contribution in [2.45, 2.75) is 13.0 Å². The van der Waals surface area contributed by atoms with E-state index in [1.54, 1.807) is 4.90 Å². The number of piperazine rings is 1. The lowest BCUT2D eigenvalue weighted by atomic mass is 10.1. The molecule has 1 fully saturated rings. The van der Waals surface area contributed by atoms with Crippen LogP contribution in [0.1, 0.15) is 18.5 Å². The summed E-state index contributed by atoms with van der Waals surface area (Å²) in [6.45, 7) is 2.27. The van der Waals surface area contributed by atoms with Crippen LogP contribution in [0.15, 0.2) is 22.7 Å². The van der Waals surface area contributed by atoms with Crippen LogP contribution in [0.25, 0.3) is 0 Å². The van der Waals surface area contributed by atoms with E-state index in [2.05, 4.69) is 21.2 Å². The first-order valence-electron chi connectivity index (χ1n) is 5.60. The molecule has 1 heterocycles. The maximum Gasteiger partial charge on any atom is 0.246 e. The number of hydrogen-bond acceptors (Lipinski definition) is 4. The van der Waals surface area contributed by atoms with Crippen LogP contribution in [0.5, 0.6) is 0 Å². The van der Waals surface area contributed by atoms with Gasteiger partial charge in [0.05, 0.1) is 18.8 Å². The molecule has 0 aromatic heterocycles. The van der Waals surface area contributed by atoms with E-state index in [-0.39, 0.29) is 30.9 Å². The van der Waals surface area contributed by atoms with E-state index < -0.39 is 0 Å². The van der Waals surface area contributed by atoms with Crippen LogP contribution in [-0.4, -0.2) is 24.9 Å². The quantitative estimate of drug-likeness (QED) is 0.797. The molecule has 1 unspecified atom stereocenters. The van der Waals surface area contributed by atoms with Gasteiger partial charge in [0.25, 0.3) is 0 Å². The molecule has 0 spiro atoms.